The van der Waals surface area contributed by atoms with E-state index in [0.717, 1.165) is 16.0 Å². The molecule has 0 spiro atoms. The van der Waals surface area contributed by atoms with Crippen LogP contribution in [-0.2, 0) is 9.53 Å². The van der Waals surface area contributed by atoms with Crippen LogP contribution in [-0.4, -0.2) is 80.8 Å². The lowest BCUT2D eigenvalue weighted by atomic mass is 9.94. The van der Waals surface area contributed by atoms with Crippen LogP contribution in [0.1, 0.15) is 35.3 Å². The molecule has 0 saturated carbocycles. The molecule has 0 aromatic carbocycles. The highest BCUT2D eigenvalue weighted by Gasteiger charge is 2.33. The molecule has 3 aromatic heterocycles. The van der Waals surface area contributed by atoms with Gasteiger partial charge in [-0.15, -0.1) is 11.8 Å². The molecule has 4 N–H and O–H groups in total. The number of aliphatic hydroxyl groups excluding tert-OH is 2. The summed E-state index contributed by atoms with van der Waals surface area (Å²) < 4.78 is 11.5. The van der Waals surface area contributed by atoms with Gasteiger partial charge >= 0.3 is 0 Å². The first-order valence-corrected chi connectivity index (χ1v) is 13.6. The van der Waals surface area contributed by atoms with Crippen molar-refractivity contribution in [2.24, 2.45) is 0 Å². The number of pyridine rings is 3. The van der Waals surface area contributed by atoms with Crippen LogP contribution in [0.5, 0.6) is 5.88 Å². The Morgan fingerprint density at radius 2 is 2.15 bits per heavy atom. The molecule has 11 nitrogen and oxygen atoms in total. The van der Waals surface area contributed by atoms with Crippen molar-refractivity contribution in [3.8, 4) is 5.88 Å². The van der Waals surface area contributed by atoms with E-state index < -0.39 is 30.8 Å². The topological polar surface area (TPSA) is 156 Å². The highest BCUT2D eigenvalue weighted by atomic mass is 32.2. The van der Waals surface area contributed by atoms with Gasteiger partial charge in [-0.25, -0.2) is 9.97 Å². The molecule has 0 aliphatic carbocycles. The van der Waals surface area contributed by atoms with Gasteiger partial charge < -0.3 is 30.3 Å². The van der Waals surface area contributed by atoms with E-state index in [1.165, 1.54) is 11.8 Å². The zero-order chi connectivity index (χ0) is 27.4. The van der Waals surface area contributed by atoms with Crippen LogP contribution in [0.2, 0.25) is 0 Å². The fourth-order valence-corrected chi connectivity index (χ4v) is 5.36. The molecule has 2 amide bonds. The fourth-order valence-electron chi connectivity index (χ4n) is 4.61. The Bertz CT molecular complexity index is 1400. The SMILES string of the molecule is COc1ccc2nccc(/C=C/[C@@H]3CC[C@@H](NC(=O)c4ccc5c(n4)NC(=O)CS5)[C@@H](C[C@@H](O)CO)O3)c2n1. The lowest BCUT2D eigenvalue weighted by Gasteiger charge is -2.37. The van der Waals surface area contributed by atoms with Crippen molar-refractivity contribution in [3.05, 3.63) is 53.9 Å². The smallest absolute Gasteiger partial charge is 0.270 e. The number of methoxy groups -OCH3 is 1. The second-order valence-electron chi connectivity index (χ2n) is 9.30. The Morgan fingerprint density at radius 3 is 2.97 bits per heavy atom. The Balaban J connectivity index is 1.30. The molecule has 3 aromatic rings. The number of carbonyl (C=O) groups is 2. The Labute approximate surface area is 229 Å². The van der Waals surface area contributed by atoms with Gasteiger partial charge in [0.05, 0.1) is 59.8 Å². The number of aliphatic hydroxyl groups is 2. The summed E-state index contributed by atoms with van der Waals surface area (Å²) >= 11 is 1.37. The van der Waals surface area contributed by atoms with Gasteiger partial charge in [-0.1, -0.05) is 12.2 Å². The Hall–Kier alpha value is -3.58. The van der Waals surface area contributed by atoms with Crippen LogP contribution < -0.4 is 15.4 Å². The first-order valence-electron chi connectivity index (χ1n) is 12.6. The summed E-state index contributed by atoms with van der Waals surface area (Å²) in [5.74, 6) is 0.607. The van der Waals surface area contributed by atoms with Crippen molar-refractivity contribution < 1.29 is 29.3 Å². The lowest BCUT2D eigenvalue weighted by molar-refractivity contribution is -0.113. The molecule has 4 atom stereocenters. The van der Waals surface area contributed by atoms with Gasteiger partial charge in [0.25, 0.3) is 5.91 Å². The molecule has 5 rings (SSSR count). The van der Waals surface area contributed by atoms with E-state index in [2.05, 4.69) is 25.6 Å². The molecule has 2 aliphatic heterocycles. The number of fused-ring (bicyclic) bond motifs is 2. The minimum Gasteiger partial charge on any atom is -0.481 e. The number of nitrogens with zero attached hydrogens (tertiary/aromatic N) is 3. The number of ether oxygens (including phenoxy) is 2. The number of carbonyl (C=O) groups excluding carboxylic acids is 2. The maximum atomic E-state index is 13.1. The van der Waals surface area contributed by atoms with E-state index in [1.807, 2.05) is 24.3 Å². The van der Waals surface area contributed by atoms with Gasteiger partial charge in [-0.05, 0) is 37.1 Å². The third-order valence-corrected chi connectivity index (χ3v) is 7.64. The summed E-state index contributed by atoms with van der Waals surface area (Å²) in [5.41, 5.74) is 2.47. The molecule has 1 fully saturated rings. The van der Waals surface area contributed by atoms with Gasteiger partial charge in [-0.2, -0.15) is 0 Å². The van der Waals surface area contributed by atoms with Crippen LogP contribution in [0.25, 0.3) is 17.1 Å². The molecule has 12 heteroatoms. The van der Waals surface area contributed by atoms with Crippen molar-refractivity contribution in [1.29, 1.82) is 0 Å². The van der Waals surface area contributed by atoms with Crippen LogP contribution in [0, 0.1) is 0 Å². The number of nitrogens with one attached hydrogen (secondary N) is 2. The van der Waals surface area contributed by atoms with Gasteiger partial charge in [0.1, 0.15) is 11.5 Å². The van der Waals surface area contributed by atoms with E-state index in [-0.39, 0.29) is 24.1 Å². The maximum absolute atomic E-state index is 13.1. The molecule has 5 heterocycles. The molecular formula is C27H29N5O6S. The van der Waals surface area contributed by atoms with Crippen LogP contribution in [0.4, 0.5) is 5.82 Å². The minimum absolute atomic E-state index is 0.146. The summed E-state index contributed by atoms with van der Waals surface area (Å²) in [7, 11) is 1.56. The van der Waals surface area contributed by atoms with E-state index in [1.54, 1.807) is 31.5 Å². The average molecular weight is 552 g/mol. The van der Waals surface area contributed by atoms with E-state index in [0.29, 0.717) is 35.8 Å². The Morgan fingerprint density at radius 1 is 1.28 bits per heavy atom. The first-order chi connectivity index (χ1) is 18.9. The summed E-state index contributed by atoms with van der Waals surface area (Å²) in [5, 5.41) is 25.2. The number of aromatic nitrogens is 3. The molecule has 0 radical (unpaired) electrons. The molecule has 0 bridgehead atoms. The number of rotatable bonds is 8. The van der Waals surface area contributed by atoms with Crippen molar-refractivity contribution in [3.63, 3.8) is 0 Å². The van der Waals surface area contributed by atoms with E-state index in [4.69, 9.17) is 9.47 Å². The quantitative estimate of drug-likeness (QED) is 0.327. The van der Waals surface area contributed by atoms with Crippen molar-refractivity contribution >= 4 is 46.5 Å². The van der Waals surface area contributed by atoms with E-state index in [9.17, 15) is 19.8 Å². The third kappa shape index (κ3) is 6.36. The summed E-state index contributed by atoms with van der Waals surface area (Å²) in [6, 6.07) is 8.44. The van der Waals surface area contributed by atoms with Gasteiger partial charge in [0, 0.05) is 24.2 Å². The predicted octanol–water partition coefficient (Wildman–Crippen LogP) is 2.18. The summed E-state index contributed by atoms with van der Waals surface area (Å²) in [4.78, 5) is 38.8. The maximum Gasteiger partial charge on any atom is 0.270 e. The molecule has 204 valence electrons. The monoisotopic (exact) mass is 551 g/mol. The Kier molecular flexibility index (Phi) is 8.36. The van der Waals surface area contributed by atoms with Gasteiger partial charge in [0.2, 0.25) is 11.8 Å². The van der Waals surface area contributed by atoms with Crippen molar-refractivity contribution in [1.82, 2.24) is 20.3 Å². The fraction of sp³-hybridized carbons (Fsp3) is 0.370. The van der Waals surface area contributed by atoms with E-state index >= 15 is 0 Å². The van der Waals surface area contributed by atoms with Crippen LogP contribution in [0.15, 0.2) is 47.5 Å². The zero-order valence-electron chi connectivity index (χ0n) is 21.2. The standard InChI is InChI=1S/C27H29N5O6S/c1-37-24-9-7-19-25(32-24)15(10-11-28-19)2-3-17-4-5-18(21(38-17)12-16(34)13-33)30-27(36)20-6-8-22-26(29-20)31-23(35)14-39-22/h2-3,6-11,16-18,21,33-34H,4-5,12-14H2,1H3,(H,30,36)(H,29,31,35)/b3-2+/t16-,17-,18-,21-/m1/s1. The largest absolute Gasteiger partial charge is 0.481 e. The third-order valence-electron chi connectivity index (χ3n) is 6.59. The number of hydrogen-bond donors (Lipinski definition) is 4. The molecular weight excluding hydrogens is 522 g/mol. The number of amides is 2. The number of thioether (sulfide) groups is 1. The number of hydrogen-bond acceptors (Lipinski definition) is 10. The summed E-state index contributed by atoms with van der Waals surface area (Å²) in [6.07, 6.45) is 5.10. The second-order valence-corrected chi connectivity index (χ2v) is 10.3. The second kappa shape index (κ2) is 12.1. The normalized spacial score (nSPS) is 21.8. The molecule has 2 aliphatic rings. The highest BCUT2D eigenvalue weighted by molar-refractivity contribution is 8.00. The summed E-state index contributed by atoms with van der Waals surface area (Å²) in [6.45, 7) is -0.415. The van der Waals surface area contributed by atoms with Gasteiger partial charge in [0.15, 0.2) is 0 Å². The number of anilines is 1. The van der Waals surface area contributed by atoms with Gasteiger partial charge in [-0.3, -0.25) is 14.6 Å². The first kappa shape index (κ1) is 27.0. The zero-order valence-corrected chi connectivity index (χ0v) is 22.1. The highest BCUT2D eigenvalue weighted by Crippen LogP contribution is 2.30. The minimum atomic E-state index is -0.993. The van der Waals surface area contributed by atoms with Crippen LogP contribution in [0.3, 0.4) is 0 Å². The molecule has 0 unspecified atom stereocenters. The predicted molar refractivity (Wildman–Crippen MR) is 146 cm³/mol. The van der Waals surface area contributed by atoms with Crippen molar-refractivity contribution in [2.45, 2.75) is 48.5 Å². The lowest BCUT2D eigenvalue weighted by Crippen LogP contribution is -2.50. The molecule has 1 saturated heterocycles. The molecule has 39 heavy (non-hydrogen) atoms. The average Bonchev–Trinajstić information content (AvgIpc) is 2.96. The van der Waals surface area contributed by atoms with Crippen LogP contribution >= 0.6 is 11.8 Å². The van der Waals surface area contributed by atoms with Crippen molar-refractivity contribution in [2.75, 3.05) is 24.8 Å².